The molecule has 2 rings (SSSR count). The van der Waals surface area contributed by atoms with E-state index in [9.17, 15) is 4.79 Å². The molecule has 98 valence electrons. The smallest absolute Gasteiger partial charge is 0.258 e. The van der Waals surface area contributed by atoms with Crippen LogP contribution in [0.1, 0.15) is 28.5 Å². The van der Waals surface area contributed by atoms with Gasteiger partial charge in [-0.1, -0.05) is 30.7 Å². The van der Waals surface area contributed by atoms with Crippen molar-refractivity contribution in [3.8, 4) is 0 Å². The Bertz CT molecular complexity index is 576. The molecule has 1 N–H and O–H groups in total. The normalized spacial score (nSPS) is 10.3. The van der Waals surface area contributed by atoms with E-state index in [4.69, 9.17) is 11.6 Å². The summed E-state index contributed by atoms with van der Waals surface area (Å²) >= 11 is 5.82. The van der Waals surface area contributed by atoms with E-state index < -0.39 is 0 Å². The van der Waals surface area contributed by atoms with E-state index >= 15 is 0 Å². The van der Waals surface area contributed by atoms with E-state index in [2.05, 4.69) is 22.2 Å². The summed E-state index contributed by atoms with van der Waals surface area (Å²) < 4.78 is 0. The highest BCUT2D eigenvalue weighted by Crippen LogP contribution is 2.11. The molecule has 19 heavy (non-hydrogen) atoms. The van der Waals surface area contributed by atoms with Gasteiger partial charge in [-0.05, 0) is 37.1 Å². The summed E-state index contributed by atoms with van der Waals surface area (Å²) in [6.07, 6.45) is 0.943. The van der Waals surface area contributed by atoms with Gasteiger partial charge in [-0.25, -0.2) is 9.97 Å². The zero-order valence-electron chi connectivity index (χ0n) is 10.8. The summed E-state index contributed by atoms with van der Waals surface area (Å²) in [5.74, 6) is -0.0288. The molecule has 5 heteroatoms. The van der Waals surface area contributed by atoms with Crippen LogP contribution in [0.3, 0.4) is 0 Å². The van der Waals surface area contributed by atoms with Crippen molar-refractivity contribution in [2.24, 2.45) is 0 Å². The average Bonchev–Trinajstić information content (AvgIpc) is 2.37. The Morgan fingerprint density at radius 2 is 1.95 bits per heavy atom. The minimum absolute atomic E-state index is 0.217. The molecule has 0 bridgehead atoms. The van der Waals surface area contributed by atoms with E-state index in [0.717, 1.165) is 6.42 Å². The molecule has 0 unspecified atom stereocenters. The van der Waals surface area contributed by atoms with Crippen molar-refractivity contribution in [2.45, 2.75) is 20.3 Å². The predicted molar refractivity (Wildman–Crippen MR) is 75.6 cm³/mol. The zero-order valence-corrected chi connectivity index (χ0v) is 11.5. The maximum Gasteiger partial charge on any atom is 0.258 e. The highest BCUT2D eigenvalue weighted by Gasteiger charge is 2.08. The van der Waals surface area contributed by atoms with Crippen molar-refractivity contribution in [3.05, 3.63) is 52.3 Å². The fraction of sp³-hybridized carbons (Fsp3) is 0.214. The number of carbonyl (C=O) groups excluding carboxylic acids is 1. The van der Waals surface area contributed by atoms with Gasteiger partial charge in [-0.15, -0.1) is 0 Å². The second-order valence-electron chi connectivity index (χ2n) is 4.16. The third-order valence-electron chi connectivity index (χ3n) is 2.67. The monoisotopic (exact) mass is 275 g/mol. The van der Waals surface area contributed by atoms with Gasteiger partial charge in [-0.2, -0.15) is 0 Å². The molecule has 1 heterocycles. The second-order valence-corrected chi connectivity index (χ2v) is 4.55. The summed E-state index contributed by atoms with van der Waals surface area (Å²) in [5, 5.41) is 2.94. The molecule has 0 radical (unpaired) electrons. The van der Waals surface area contributed by atoms with Crippen LogP contribution in [0.4, 0.5) is 5.95 Å². The van der Waals surface area contributed by atoms with Gasteiger partial charge in [0.15, 0.2) is 0 Å². The molecule has 0 spiro atoms. The van der Waals surface area contributed by atoms with Crippen LogP contribution >= 0.6 is 11.6 Å². The largest absolute Gasteiger partial charge is 0.290 e. The molecule has 0 saturated carbocycles. The highest BCUT2D eigenvalue weighted by atomic mass is 35.5. The standard InChI is InChI=1S/C14H14ClN3O/c1-3-10-4-6-11(7-5-10)13(19)18-14-16-9(2)8-12(15)17-14/h4-8H,3H2,1-2H3,(H,16,17,18,19). The maximum atomic E-state index is 12.0. The molecule has 0 saturated heterocycles. The molecule has 0 aliphatic heterocycles. The molecular weight excluding hydrogens is 262 g/mol. The van der Waals surface area contributed by atoms with E-state index in [1.807, 2.05) is 12.1 Å². The quantitative estimate of drug-likeness (QED) is 0.875. The number of aryl methyl sites for hydroxylation is 2. The Balaban J connectivity index is 2.15. The third kappa shape index (κ3) is 3.51. The molecule has 0 aliphatic carbocycles. The van der Waals surface area contributed by atoms with Gasteiger partial charge in [0, 0.05) is 11.3 Å². The van der Waals surface area contributed by atoms with Crippen LogP contribution in [-0.4, -0.2) is 15.9 Å². The number of halogens is 1. The number of nitrogens with zero attached hydrogens (tertiary/aromatic N) is 2. The minimum atomic E-state index is -0.246. The SMILES string of the molecule is CCc1ccc(C(=O)Nc2nc(C)cc(Cl)n2)cc1. The van der Waals surface area contributed by atoms with E-state index in [0.29, 0.717) is 16.4 Å². The lowest BCUT2D eigenvalue weighted by molar-refractivity contribution is 0.102. The van der Waals surface area contributed by atoms with Crippen LogP contribution in [0.15, 0.2) is 30.3 Å². The predicted octanol–water partition coefficient (Wildman–Crippen LogP) is 3.25. The van der Waals surface area contributed by atoms with Crippen molar-refractivity contribution in [2.75, 3.05) is 5.32 Å². The number of hydrogen-bond donors (Lipinski definition) is 1. The summed E-state index contributed by atoms with van der Waals surface area (Å²) in [4.78, 5) is 20.1. The van der Waals surface area contributed by atoms with Crippen LogP contribution in [0.2, 0.25) is 5.15 Å². The number of amides is 1. The topological polar surface area (TPSA) is 54.9 Å². The Kier molecular flexibility index (Phi) is 4.12. The van der Waals surface area contributed by atoms with Gasteiger partial charge in [0.1, 0.15) is 5.15 Å². The number of anilines is 1. The maximum absolute atomic E-state index is 12.0. The van der Waals surface area contributed by atoms with Crippen LogP contribution in [0.25, 0.3) is 0 Å². The highest BCUT2D eigenvalue weighted by molar-refractivity contribution is 6.29. The summed E-state index contributed by atoms with van der Waals surface area (Å²) in [6.45, 7) is 3.86. The van der Waals surface area contributed by atoms with Gasteiger partial charge in [-0.3, -0.25) is 10.1 Å². The van der Waals surface area contributed by atoms with Gasteiger partial charge in [0.25, 0.3) is 5.91 Å². The van der Waals surface area contributed by atoms with Crippen LogP contribution in [0, 0.1) is 6.92 Å². The van der Waals surface area contributed by atoms with Crippen molar-refractivity contribution < 1.29 is 4.79 Å². The second kappa shape index (κ2) is 5.80. The number of aromatic nitrogens is 2. The number of hydrogen-bond acceptors (Lipinski definition) is 3. The summed E-state index contributed by atoms with van der Waals surface area (Å²) in [7, 11) is 0. The number of benzene rings is 1. The summed E-state index contributed by atoms with van der Waals surface area (Å²) in [6, 6.07) is 9.06. The lowest BCUT2D eigenvalue weighted by Gasteiger charge is -2.05. The first-order valence-corrected chi connectivity index (χ1v) is 6.37. The number of rotatable bonds is 3. The van der Waals surface area contributed by atoms with Crippen LogP contribution < -0.4 is 5.32 Å². The van der Waals surface area contributed by atoms with Gasteiger partial charge in [0.2, 0.25) is 5.95 Å². The number of nitrogens with one attached hydrogen (secondary N) is 1. The Hall–Kier alpha value is -1.94. The van der Waals surface area contributed by atoms with Crippen molar-refractivity contribution in [1.82, 2.24) is 9.97 Å². The van der Waals surface area contributed by atoms with Gasteiger partial charge < -0.3 is 0 Å². The number of carbonyl (C=O) groups is 1. The van der Waals surface area contributed by atoms with Crippen LogP contribution in [-0.2, 0) is 6.42 Å². The van der Waals surface area contributed by atoms with E-state index in [1.165, 1.54) is 5.56 Å². The zero-order chi connectivity index (χ0) is 13.8. The molecule has 0 aliphatic rings. The molecule has 1 aromatic heterocycles. The van der Waals surface area contributed by atoms with Crippen LogP contribution in [0.5, 0.6) is 0 Å². The molecule has 0 fully saturated rings. The van der Waals surface area contributed by atoms with Crippen molar-refractivity contribution in [3.63, 3.8) is 0 Å². The van der Waals surface area contributed by atoms with E-state index in [-0.39, 0.29) is 11.9 Å². The first-order valence-electron chi connectivity index (χ1n) is 6.00. The molecule has 2 aromatic rings. The average molecular weight is 276 g/mol. The first kappa shape index (κ1) is 13.5. The fourth-order valence-corrected chi connectivity index (χ4v) is 1.89. The fourth-order valence-electron chi connectivity index (χ4n) is 1.65. The molecule has 1 aromatic carbocycles. The van der Waals surface area contributed by atoms with E-state index in [1.54, 1.807) is 25.1 Å². The molecule has 4 nitrogen and oxygen atoms in total. The molecule has 1 amide bonds. The van der Waals surface area contributed by atoms with Gasteiger partial charge >= 0.3 is 0 Å². The van der Waals surface area contributed by atoms with Gasteiger partial charge in [0.05, 0.1) is 0 Å². The van der Waals surface area contributed by atoms with Crippen molar-refractivity contribution in [1.29, 1.82) is 0 Å². The Morgan fingerprint density at radius 1 is 1.26 bits per heavy atom. The summed E-state index contributed by atoms with van der Waals surface area (Å²) in [5.41, 5.74) is 2.46. The minimum Gasteiger partial charge on any atom is -0.290 e. The molecule has 0 atom stereocenters. The Morgan fingerprint density at radius 3 is 2.53 bits per heavy atom. The third-order valence-corrected chi connectivity index (χ3v) is 2.87. The molecular formula is C14H14ClN3O. The van der Waals surface area contributed by atoms with Crippen molar-refractivity contribution >= 4 is 23.5 Å². The Labute approximate surface area is 116 Å². The lowest BCUT2D eigenvalue weighted by Crippen LogP contribution is -2.14. The lowest BCUT2D eigenvalue weighted by atomic mass is 10.1. The first-order chi connectivity index (χ1) is 9.08.